The van der Waals surface area contributed by atoms with Gasteiger partial charge in [0.1, 0.15) is 5.76 Å². The standard InChI is InChI=1S/C17H30N2O/c1-13(2)19(11-14-6-7-14)12-15-8-9-20-16(15)10-18-17(3,4)5/h8-9,13-14,18H,6-7,10-12H2,1-5H3. The molecule has 3 nitrogen and oxygen atoms in total. The topological polar surface area (TPSA) is 28.4 Å². The van der Waals surface area contributed by atoms with Crippen molar-refractivity contribution in [3.63, 3.8) is 0 Å². The van der Waals surface area contributed by atoms with Crippen molar-refractivity contribution in [2.24, 2.45) is 5.92 Å². The summed E-state index contributed by atoms with van der Waals surface area (Å²) in [5, 5.41) is 3.51. The molecular formula is C17H30N2O. The summed E-state index contributed by atoms with van der Waals surface area (Å²) in [5.74, 6) is 2.02. The molecule has 0 aliphatic heterocycles. The molecule has 0 unspecified atom stereocenters. The first-order valence-corrected chi connectivity index (χ1v) is 7.89. The van der Waals surface area contributed by atoms with Gasteiger partial charge in [0.05, 0.1) is 12.8 Å². The van der Waals surface area contributed by atoms with Gasteiger partial charge in [0.25, 0.3) is 0 Å². The summed E-state index contributed by atoms with van der Waals surface area (Å²) >= 11 is 0. The minimum atomic E-state index is 0.121. The molecule has 0 bridgehead atoms. The molecule has 0 amide bonds. The highest BCUT2D eigenvalue weighted by Crippen LogP contribution is 2.31. The van der Waals surface area contributed by atoms with Gasteiger partial charge in [-0.05, 0) is 59.4 Å². The van der Waals surface area contributed by atoms with Crippen LogP contribution in [-0.4, -0.2) is 23.0 Å². The van der Waals surface area contributed by atoms with Gasteiger partial charge in [-0.25, -0.2) is 0 Å². The smallest absolute Gasteiger partial charge is 0.122 e. The molecule has 1 aromatic rings. The van der Waals surface area contributed by atoms with E-state index in [1.165, 1.54) is 24.9 Å². The largest absolute Gasteiger partial charge is 0.468 e. The second-order valence-corrected chi connectivity index (χ2v) is 7.44. The third kappa shape index (κ3) is 4.95. The van der Waals surface area contributed by atoms with Crippen molar-refractivity contribution in [3.8, 4) is 0 Å². The molecular weight excluding hydrogens is 248 g/mol. The van der Waals surface area contributed by atoms with Crippen LogP contribution < -0.4 is 5.32 Å². The Morgan fingerprint density at radius 2 is 2.05 bits per heavy atom. The number of nitrogens with zero attached hydrogens (tertiary/aromatic N) is 1. The van der Waals surface area contributed by atoms with E-state index in [-0.39, 0.29) is 5.54 Å². The monoisotopic (exact) mass is 278 g/mol. The van der Waals surface area contributed by atoms with Crippen molar-refractivity contribution in [3.05, 3.63) is 23.7 Å². The zero-order valence-corrected chi connectivity index (χ0v) is 13.7. The molecule has 2 rings (SSSR count). The van der Waals surface area contributed by atoms with Gasteiger partial charge in [-0.1, -0.05) is 0 Å². The quantitative estimate of drug-likeness (QED) is 0.822. The molecule has 3 heteroatoms. The van der Waals surface area contributed by atoms with Gasteiger partial charge >= 0.3 is 0 Å². The van der Waals surface area contributed by atoms with E-state index in [1.54, 1.807) is 0 Å². The summed E-state index contributed by atoms with van der Waals surface area (Å²) in [6.45, 7) is 14.2. The van der Waals surface area contributed by atoms with E-state index in [9.17, 15) is 0 Å². The SMILES string of the molecule is CC(C)N(Cc1ccoc1CNC(C)(C)C)CC1CC1. The first-order valence-electron chi connectivity index (χ1n) is 7.89. The van der Waals surface area contributed by atoms with E-state index in [0.717, 1.165) is 24.8 Å². The van der Waals surface area contributed by atoms with Crippen molar-refractivity contribution in [1.82, 2.24) is 10.2 Å². The predicted octanol–water partition coefficient (Wildman–Crippen LogP) is 3.79. The van der Waals surface area contributed by atoms with E-state index >= 15 is 0 Å². The van der Waals surface area contributed by atoms with Crippen LogP contribution in [0.15, 0.2) is 16.7 Å². The molecule has 20 heavy (non-hydrogen) atoms. The highest BCUT2D eigenvalue weighted by atomic mass is 16.3. The average molecular weight is 278 g/mol. The number of rotatable bonds is 7. The summed E-state index contributed by atoms with van der Waals surface area (Å²) in [4.78, 5) is 2.57. The second-order valence-electron chi connectivity index (χ2n) is 7.44. The normalized spacial score (nSPS) is 16.4. The van der Waals surface area contributed by atoms with Crippen LogP contribution in [-0.2, 0) is 13.1 Å². The Bertz CT molecular complexity index is 413. The van der Waals surface area contributed by atoms with Crippen molar-refractivity contribution >= 4 is 0 Å². The molecule has 1 aliphatic rings. The van der Waals surface area contributed by atoms with Crippen molar-refractivity contribution in [1.29, 1.82) is 0 Å². The maximum atomic E-state index is 5.67. The summed E-state index contributed by atoms with van der Waals surface area (Å²) in [7, 11) is 0. The van der Waals surface area contributed by atoms with Crippen LogP contribution in [0.5, 0.6) is 0 Å². The maximum absolute atomic E-state index is 5.67. The van der Waals surface area contributed by atoms with Gasteiger partial charge in [0.2, 0.25) is 0 Å². The lowest BCUT2D eigenvalue weighted by Crippen LogP contribution is -2.36. The maximum Gasteiger partial charge on any atom is 0.122 e. The van der Waals surface area contributed by atoms with E-state index in [0.29, 0.717) is 6.04 Å². The van der Waals surface area contributed by atoms with Gasteiger partial charge < -0.3 is 9.73 Å². The van der Waals surface area contributed by atoms with Gasteiger partial charge in [0, 0.05) is 30.2 Å². The molecule has 0 radical (unpaired) electrons. The number of hydrogen-bond acceptors (Lipinski definition) is 3. The van der Waals surface area contributed by atoms with Gasteiger partial charge in [-0.2, -0.15) is 0 Å². The Labute approximate surface area is 123 Å². The Balaban J connectivity index is 1.95. The van der Waals surface area contributed by atoms with E-state index in [1.807, 2.05) is 6.26 Å². The summed E-state index contributed by atoms with van der Waals surface area (Å²) in [6.07, 6.45) is 4.64. The lowest BCUT2D eigenvalue weighted by atomic mass is 10.1. The average Bonchev–Trinajstić information content (AvgIpc) is 3.03. The fourth-order valence-corrected chi connectivity index (χ4v) is 2.32. The van der Waals surface area contributed by atoms with Crippen LogP contribution in [0.4, 0.5) is 0 Å². The lowest BCUT2D eigenvalue weighted by Gasteiger charge is -2.26. The zero-order valence-electron chi connectivity index (χ0n) is 13.7. The predicted molar refractivity (Wildman–Crippen MR) is 83.6 cm³/mol. The van der Waals surface area contributed by atoms with E-state index in [4.69, 9.17) is 4.42 Å². The molecule has 0 spiro atoms. The highest BCUT2D eigenvalue weighted by molar-refractivity contribution is 5.17. The van der Waals surface area contributed by atoms with Gasteiger partial charge in [-0.15, -0.1) is 0 Å². The molecule has 1 heterocycles. The number of nitrogens with one attached hydrogen (secondary N) is 1. The van der Waals surface area contributed by atoms with E-state index < -0.39 is 0 Å². The van der Waals surface area contributed by atoms with Gasteiger partial charge in [0.15, 0.2) is 0 Å². The van der Waals surface area contributed by atoms with Crippen LogP contribution in [0, 0.1) is 5.92 Å². The third-order valence-electron chi connectivity index (χ3n) is 3.91. The lowest BCUT2D eigenvalue weighted by molar-refractivity contribution is 0.202. The molecule has 1 saturated carbocycles. The number of hydrogen-bond donors (Lipinski definition) is 1. The molecule has 1 aliphatic carbocycles. The third-order valence-corrected chi connectivity index (χ3v) is 3.91. The molecule has 1 N–H and O–H groups in total. The Hall–Kier alpha value is -0.800. The highest BCUT2D eigenvalue weighted by Gasteiger charge is 2.26. The minimum absolute atomic E-state index is 0.121. The zero-order chi connectivity index (χ0) is 14.8. The molecule has 114 valence electrons. The molecule has 0 saturated heterocycles. The van der Waals surface area contributed by atoms with Crippen molar-refractivity contribution in [2.45, 2.75) is 72.1 Å². The first-order chi connectivity index (χ1) is 9.35. The fourth-order valence-electron chi connectivity index (χ4n) is 2.32. The number of furan rings is 1. The van der Waals surface area contributed by atoms with E-state index in [2.05, 4.69) is 50.9 Å². The Kier molecular flexibility index (Phi) is 4.92. The molecule has 0 aromatic carbocycles. The van der Waals surface area contributed by atoms with Crippen LogP contribution in [0.25, 0.3) is 0 Å². The molecule has 0 atom stereocenters. The summed E-state index contributed by atoms with van der Waals surface area (Å²) in [5.41, 5.74) is 1.45. The molecule has 1 aromatic heterocycles. The summed E-state index contributed by atoms with van der Waals surface area (Å²) in [6, 6.07) is 2.72. The van der Waals surface area contributed by atoms with Crippen LogP contribution in [0.2, 0.25) is 0 Å². The first kappa shape index (κ1) is 15.6. The van der Waals surface area contributed by atoms with Crippen molar-refractivity contribution < 1.29 is 4.42 Å². The minimum Gasteiger partial charge on any atom is -0.468 e. The van der Waals surface area contributed by atoms with Crippen molar-refractivity contribution in [2.75, 3.05) is 6.54 Å². The summed E-state index contributed by atoms with van der Waals surface area (Å²) < 4.78 is 5.67. The molecule has 1 fully saturated rings. The second kappa shape index (κ2) is 6.31. The van der Waals surface area contributed by atoms with Crippen LogP contribution >= 0.6 is 0 Å². The Morgan fingerprint density at radius 1 is 1.35 bits per heavy atom. The van der Waals surface area contributed by atoms with Crippen LogP contribution in [0.3, 0.4) is 0 Å². The van der Waals surface area contributed by atoms with Crippen LogP contribution in [0.1, 0.15) is 58.8 Å². The Morgan fingerprint density at radius 3 is 2.60 bits per heavy atom. The fraction of sp³-hybridized carbons (Fsp3) is 0.765. The van der Waals surface area contributed by atoms with Gasteiger partial charge in [-0.3, -0.25) is 4.90 Å².